The Kier molecular flexibility index (Phi) is 2.35. The van der Waals surface area contributed by atoms with E-state index < -0.39 is 0 Å². The van der Waals surface area contributed by atoms with Crippen LogP contribution < -0.4 is 5.73 Å². The Labute approximate surface area is 73.5 Å². The standard InChI is InChI=1S/C9H18N2O/c10-2-1-3-11-5-7-4-8(6-11)9(7)12/h7-9,12H,1-6,10H2. The fourth-order valence-corrected chi connectivity index (χ4v) is 2.46. The average molecular weight is 170 g/mol. The van der Waals surface area contributed by atoms with Gasteiger partial charge in [-0.3, -0.25) is 0 Å². The topological polar surface area (TPSA) is 49.5 Å². The van der Waals surface area contributed by atoms with Crippen LogP contribution in [0.3, 0.4) is 0 Å². The van der Waals surface area contributed by atoms with Crippen molar-refractivity contribution in [1.82, 2.24) is 4.90 Å². The minimum absolute atomic E-state index is 0.0131. The molecule has 3 heteroatoms. The van der Waals surface area contributed by atoms with Crippen LogP contribution in [0.5, 0.6) is 0 Å². The Bertz CT molecular complexity index is 151. The fourth-order valence-electron chi connectivity index (χ4n) is 2.46. The maximum atomic E-state index is 9.52. The summed E-state index contributed by atoms with van der Waals surface area (Å²) in [5.41, 5.74) is 5.44. The number of rotatable bonds is 3. The lowest BCUT2D eigenvalue weighted by molar-refractivity contribution is -0.107. The van der Waals surface area contributed by atoms with Gasteiger partial charge in [0.05, 0.1) is 6.10 Å². The third-order valence-electron chi connectivity index (χ3n) is 3.24. The lowest BCUT2D eigenvalue weighted by atomic mass is 9.68. The first-order valence-electron chi connectivity index (χ1n) is 4.91. The minimum Gasteiger partial charge on any atom is -0.392 e. The monoisotopic (exact) mass is 170 g/mol. The second-order valence-electron chi connectivity index (χ2n) is 4.15. The predicted octanol–water partition coefficient (Wildman–Crippen LogP) is -0.352. The maximum absolute atomic E-state index is 9.52. The summed E-state index contributed by atoms with van der Waals surface area (Å²) in [6, 6.07) is 0. The zero-order valence-electron chi connectivity index (χ0n) is 7.45. The van der Waals surface area contributed by atoms with Crippen molar-refractivity contribution in [2.45, 2.75) is 18.9 Å². The molecule has 1 aliphatic carbocycles. The van der Waals surface area contributed by atoms with Gasteiger partial charge >= 0.3 is 0 Å². The van der Waals surface area contributed by atoms with Crippen molar-refractivity contribution in [2.75, 3.05) is 26.2 Å². The van der Waals surface area contributed by atoms with Gasteiger partial charge in [-0.05, 0) is 37.8 Å². The van der Waals surface area contributed by atoms with Crippen LogP contribution in [0.4, 0.5) is 0 Å². The Hall–Kier alpha value is -0.120. The first-order chi connectivity index (χ1) is 5.81. The van der Waals surface area contributed by atoms with Crippen LogP contribution in [0.2, 0.25) is 0 Å². The molecule has 2 atom stereocenters. The van der Waals surface area contributed by atoms with Crippen LogP contribution >= 0.6 is 0 Å². The summed E-state index contributed by atoms with van der Waals surface area (Å²) < 4.78 is 0. The molecule has 0 radical (unpaired) electrons. The van der Waals surface area contributed by atoms with Crippen LogP contribution in [0.25, 0.3) is 0 Å². The van der Waals surface area contributed by atoms with Gasteiger partial charge in [0.2, 0.25) is 0 Å². The summed E-state index contributed by atoms with van der Waals surface area (Å²) in [6.07, 6.45) is 2.36. The average Bonchev–Trinajstić information content (AvgIpc) is 2.14. The number of hydrogen-bond acceptors (Lipinski definition) is 3. The van der Waals surface area contributed by atoms with Crippen LogP contribution in [-0.4, -0.2) is 42.3 Å². The lowest BCUT2D eigenvalue weighted by Gasteiger charge is -2.51. The SMILES string of the molecule is NCCCN1CC2CC(C1)C2O. The number of aliphatic hydroxyl groups excluding tert-OH is 1. The molecule has 0 aromatic rings. The van der Waals surface area contributed by atoms with E-state index >= 15 is 0 Å². The van der Waals surface area contributed by atoms with Crippen LogP contribution in [0.15, 0.2) is 0 Å². The zero-order chi connectivity index (χ0) is 8.55. The molecule has 3 fully saturated rings. The number of aliphatic hydroxyl groups is 1. The molecular weight excluding hydrogens is 152 g/mol. The Morgan fingerprint density at radius 1 is 1.33 bits per heavy atom. The molecule has 0 spiro atoms. The van der Waals surface area contributed by atoms with E-state index in [-0.39, 0.29) is 6.10 Å². The first-order valence-corrected chi connectivity index (χ1v) is 4.91. The van der Waals surface area contributed by atoms with Gasteiger partial charge in [0.1, 0.15) is 0 Å². The van der Waals surface area contributed by atoms with Crippen LogP contribution in [0, 0.1) is 11.8 Å². The zero-order valence-corrected chi connectivity index (χ0v) is 7.45. The molecule has 2 saturated heterocycles. The molecule has 2 unspecified atom stereocenters. The molecule has 3 aliphatic rings. The van der Waals surface area contributed by atoms with Gasteiger partial charge in [0.25, 0.3) is 0 Å². The summed E-state index contributed by atoms with van der Waals surface area (Å²) in [5, 5.41) is 9.52. The maximum Gasteiger partial charge on any atom is 0.0621 e. The molecule has 3 N–H and O–H groups in total. The predicted molar refractivity (Wildman–Crippen MR) is 47.7 cm³/mol. The first kappa shape index (κ1) is 8.48. The Balaban J connectivity index is 1.75. The summed E-state index contributed by atoms with van der Waals surface area (Å²) in [7, 11) is 0. The van der Waals surface area contributed by atoms with Crippen LogP contribution in [-0.2, 0) is 0 Å². The normalized spacial score (nSPS) is 41.0. The molecule has 70 valence electrons. The van der Waals surface area contributed by atoms with E-state index in [1.807, 2.05) is 0 Å². The molecule has 0 amide bonds. The molecular formula is C9H18N2O. The minimum atomic E-state index is 0.0131. The van der Waals surface area contributed by atoms with Crippen LogP contribution in [0.1, 0.15) is 12.8 Å². The smallest absolute Gasteiger partial charge is 0.0621 e. The molecule has 1 saturated carbocycles. The highest BCUT2D eigenvalue weighted by Crippen LogP contribution is 2.39. The lowest BCUT2D eigenvalue weighted by Crippen LogP contribution is -2.58. The van der Waals surface area contributed by atoms with Gasteiger partial charge in [0.15, 0.2) is 0 Å². The third kappa shape index (κ3) is 1.37. The molecule has 2 heterocycles. The van der Waals surface area contributed by atoms with E-state index in [9.17, 15) is 5.11 Å². The van der Waals surface area contributed by atoms with Crippen molar-refractivity contribution < 1.29 is 5.11 Å². The summed E-state index contributed by atoms with van der Waals surface area (Å²) in [4.78, 5) is 2.44. The Morgan fingerprint density at radius 2 is 2.00 bits per heavy atom. The molecule has 0 aromatic carbocycles. The van der Waals surface area contributed by atoms with E-state index in [2.05, 4.69) is 4.90 Å². The van der Waals surface area contributed by atoms with E-state index in [0.29, 0.717) is 11.8 Å². The van der Waals surface area contributed by atoms with Gasteiger partial charge in [-0.25, -0.2) is 0 Å². The van der Waals surface area contributed by atoms with Crippen molar-refractivity contribution in [3.8, 4) is 0 Å². The highest BCUT2D eigenvalue weighted by atomic mass is 16.3. The molecule has 2 bridgehead atoms. The number of piperidine rings is 2. The fraction of sp³-hybridized carbons (Fsp3) is 1.00. The van der Waals surface area contributed by atoms with Crippen molar-refractivity contribution >= 4 is 0 Å². The van der Waals surface area contributed by atoms with Crippen molar-refractivity contribution in [1.29, 1.82) is 0 Å². The molecule has 2 aliphatic heterocycles. The van der Waals surface area contributed by atoms with Gasteiger partial charge in [0, 0.05) is 13.1 Å². The van der Waals surface area contributed by atoms with Gasteiger partial charge < -0.3 is 15.7 Å². The summed E-state index contributed by atoms with van der Waals surface area (Å²) in [5.74, 6) is 1.14. The van der Waals surface area contributed by atoms with Gasteiger partial charge in [-0.2, -0.15) is 0 Å². The van der Waals surface area contributed by atoms with Gasteiger partial charge in [-0.1, -0.05) is 0 Å². The van der Waals surface area contributed by atoms with E-state index in [4.69, 9.17) is 5.73 Å². The third-order valence-corrected chi connectivity index (χ3v) is 3.24. The molecule has 12 heavy (non-hydrogen) atoms. The molecule has 3 nitrogen and oxygen atoms in total. The largest absolute Gasteiger partial charge is 0.392 e. The molecule has 3 rings (SSSR count). The molecule has 0 aromatic heterocycles. The number of nitrogens with zero attached hydrogens (tertiary/aromatic N) is 1. The van der Waals surface area contributed by atoms with E-state index in [1.54, 1.807) is 0 Å². The van der Waals surface area contributed by atoms with E-state index in [1.165, 1.54) is 6.42 Å². The van der Waals surface area contributed by atoms with Crippen molar-refractivity contribution in [2.24, 2.45) is 17.6 Å². The Morgan fingerprint density at radius 3 is 2.50 bits per heavy atom. The highest BCUT2D eigenvalue weighted by molar-refractivity contribution is 4.97. The summed E-state index contributed by atoms with van der Waals surface area (Å²) >= 11 is 0. The second-order valence-corrected chi connectivity index (χ2v) is 4.15. The summed E-state index contributed by atoms with van der Waals surface area (Å²) in [6.45, 7) is 4.10. The number of fused-ring (bicyclic) bond motifs is 2. The number of nitrogens with two attached hydrogens (primary N) is 1. The van der Waals surface area contributed by atoms with E-state index in [0.717, 1.165) is 32.6 Å². The second kappa shape index (κ2) is 3.32. The van der Waals surface area contributed by atoms with Gasteiger partial charge in [-0.15, -0.1) is 0 Å². The van der Waals surface area contributed by atoms with Crippen molar-refractivity contribution in [3.63, 3.8) is 0 Å². The highest BCUT2D eigenvalue weighted by Gasteiger charge is 2.45. The van der Waals surface area contributed by atoms with Crippen molar-refractivity contribution in [3.05, 3.63) is 0 Å². The quantitative estimate of drug-likeness (QED) is 0.608. The number of hydrogen-bond donors (Lipinski definition) is 2.